The summed E-state index contributed by atoms with van der Waals surface area (Å²) < 4.78 is 0. The SMILES string of the molecule is CC[C@@H](C)NC(=O)[C@@H](C)N(Cc1ccccc1Cl)C(=O)CCc1ccccc1. The van der Waals surface area contributed by atoms with Crippen molar-refractivity contribution in [1.29, 1.82) is 0 Å². The van der Waals surface area contributed by atoms with E-state index < -0.39 is 6.04 Å². The molecule has 0 heterocycles. The second-order valence-electron chi connectivity index (χ2n) is 7.09. The Bertz CT molecular complexity index is 779. The summed E-state index contributed by atoms with van der Waals surface area (Å²) in [6, 6.07) is 16.8. The highest BCUT2D eigenvalue weighted by atomic mass is 35.5. The third-order valence-corrected chi connectivity index (χ3v) is 5.31. The Morgan fingerprint density at radius 2 is 1.68 bits per heavy atom. The van der Waals surface area contributed by atoms with Crippen LogP contribution in [0.15, 0.2) is 54.6 Å². The minimum atomic E-state index is -0.575. The summed E-state index contributed by atoms with van der Waals surface area (Å²) in [5.74, 6) is -0.204. The number of nitrogens with zero attached hydrogens (tertiary/aromatic N) is 1. The Kier molecular flexibility index (Phi) is 8.52. The molecule has 2 rings (SSSR count). The molecule has 28 heavy (non-hydrogen) atoms. The minimum absolute atomic E-state index is 0.0597. The molecule has 4 nitrogen and oxygen atoms in total. The van der Waals surface area contributed by atoms with E-state index >= 15 is 0 Å². The van der Waals surface area contributed by atoms with Crippen molar-refractivity contribution >= 4 is 23.4 Å². The zero-order valence-electron chi connectivity index (χ0n) is 16.8. The number of halogens is 1. The average Bonchev–Trinajstić information content (AvgIpc) is 2.71. The Labute approximate surface area is 172 Å². The first kappa shape index (κ1) is 22.0. The van der Waals surface area contributed by atoms with E-state index in [-0.39, 0.29) is 17.9 Å². The number of nitrogens with one attached hydrogen (secondary N) is 1. The van der Waals surface area contributed by atoms with E-state index in [9.17, 15) is 9.59 Å². The van der Waals surface area contributed by atoms with Gasteiger partial charge in [-0.2, -0.15) is 0 Å². The second kappa shape index (κ2) is 10.9. The average molecular weight is 401 g/mol. The van der Waals surface area contributed by atoms with Gasteiger partial charge in [0.25, 0.3) is 0 Å². The van der Waals surface area contributed by atoms with Crippen LogP contribution in [-0.2, 0) is 22.6 Å². The zero-order valence-corrected chi connectivity index (χ0v) is 17.6. The lowest BCUT2D eigenvalue weighted by Gasteiger charge is -2.30. The molecule has 2 aromatic carbocycles. The Balaban J connectivity index is 2.15. The molecule has 0 saturated heterocycles. The topological polar surface area (TPSA) is 49.4 Å². The quantitative estimate of drug-likeness (QED) is 0.668. The molecule has 0 aliphatic rings. The van der Waals surface area contributed by atoms with E-state index in [4.69, 9.17) is 11.6 Å². The highest BCUT2D eigenvalue weighted by Gasteiger charge is 2.27. The maximum Gasteiger partial charge on any atom is 0.242 e. The third kappa shape index (κ3) is 6.38. The number of rotatable bonds is 9. The first-order valence-electron chi connectivity index (χ1n) is 9.79. The van der Waals surface area contributed by atoms with Crippen molar-refractivity contribution in [2.75, 3.05) is 0 Å². The molecule has 0 saturated carbocycles. The second-order valence-corrected chi connectivity index (χ2v) is 7.50. The lowest BCUT2D eigenvalue weighted by Crippen LogP contribution is -2.49. The van der Waals surface area contributed by atoms with E-state index in [2.05, 4.69) is 5.32 Å². The van der Waals surface area contributed by atoms with Crippen LogP contribution < -0.4 is 5.32 Å². The van der Waals surface area contributed by atoms with E-state index in [1.54, 1.807) is 17.9 Å². The molecule has 0 aliphatic heterocycles. The molecule has 2 amide bonds. The van der Waals surface area contributed by atoms with Gasteiger partial charge in [0.1, 0.15) is 6.04 Å². The standard InChI is InChI=1S/C23H29ClN2O2/c1-4-17(2)25-23(28)18(3)26(16-20-12-8-9-13-21(20)24)22(27)15-14-19-10-6-5-7-11-19/h5-13,17-18H,4,14-16H2,1-3H3,(H,25,28)/t17-,18-/m1/s1. The normalized spacial score (nSPS) is 12.9. The summed E-state index contributed by atoms with van der Waals surface area (Å²) in [5, 5.41) is 3.57. The molecule has 0 aromatic heterocycles. The molecule has 0 bridgehead atoms. The molecule has 0 unspecified atom stereocenters. The predicted molar refractivity (Wildman–Crippen MR) is 114 cm³/mol. The van der Waals surface area contributed by atoms with Crippen molar-refractivity contribution in [2.45, 2.75) is 58.7 Å². The maximum absolute atomic E-state index is 13.0. The number of hydrogen-bond donors (Lipinski definition) is 1. The van der Waals surface area contributed by atoms with Crippen molar-refractivity contribution in [3.05, 3.63) is 70.7 Å². The van der Waals surface area contributed by atoms with Crippen LogP contribution in [-0.4, -0.2) is 28.8 Å². The van der Waals surface area contributed by atoms with Crippen LogP contribution in [0.5, 0.6) is 0 Å². The van der Waals surface area contributed by atoms with E-state index in [0.717, 1.165) is 17.5 Å². The molecule has 1 N–H and O–H groups in total. The van der Waals surface area contributed by atoms with E-state index in [1.807, 2.05) is 62.4 Å². The fourth-order valence-corrected chi connectivity index (χ4v) is 3.09. The first-order chi connectivity index (χ1) is 13.4. The fourth-order valence-electron chi connectivity index (χ4n) is 2.90. The Morgan fingerprint density at radius 1 is 1.04 bits per heavy atom. The van der Waals surface area contributed by atoms with Gasteiger partial charge in [-0.25, -0.2) is 0 Å². The lowest BCUT2D eigenvalue weighted by atomic mass is 10.1. The molecule has 0 radical (unpaired) electrons. The summed E-state index contributed by atoms with van der Waals surface area (Å²) >= 11 is 6.30. The Morgan fingerprint density at radius 3 is 2.32 bits per heavy atom. The summed E-state index contributed by atoms with van der Waals surface area (Å²) in [7, 11) is 0. The number of aryl methyl sites for hydroxylation is 1. The smallest absolute Gasteiger partial charge is 0.242 e. The largest absolute Gasteiger partial charge is 0.352 e. The van der Waals surface area contributed by atoms with Crippen LogP contribution in [0.4, 0.5) is 0 Å². The van der Waals surface area contributed by atoms with Gasteiger partial charge < -0.3 is 10.2 Å². The maximum atomic E-state index is 13.0. The molecule has 0 fully saturated rings. The van der Waals surface area contributed by atoms with Gasteiger partial charge in [0.2, 0.25) is 11.8 Å². The summed E-state index contributed by atoms with van der Waals surface area (Å²) in [5.41, 5.74) is 1.94. The van der Waals surface area contributed by atoms with E-state index in [1.165, 1.54) is 0 Å². The molecular formula is C23H29ClN2O2. The Hall–Kier alpha value is -2.33. The minimum Gasteiger partial charge on any atom is -0.352 e. The molecule has 0 aliphatic carbocycles. The molecule has 2 aromatic rings. The van der Waals surface area contributed by atoms with Crippen LogP contribution in [0.3, 0.4) is 0 Å². The van der Waals surface area contributed by atoms with Gasteiger partial charge >= 0.3 is 0 Å². The van der Waals surface area contributed by atoms with Crippen LogP contribution in [0, 0.1) is 0 Å². The lowest BCUT2D eigenvalue weighted by molar-refractivity contribution is -0.140. The van der Waals surface area contributed by atoms with Gasteiger partial charge in [0, 0.05) is 24.0 Å². The van der Waals surface area contributed by atoms with Crippen molar-refractivity contribution in [3.63, 3.8) is 0 Å². The number of carbonyl (C=O) groups is 2. The van der Waals surface area contributed by atoms with Crippen molar-refractivity contribution in [3.8, 4) is 0 Å². The van der Waals surface area contributed by atoms with Gasteiger partial charge in [-0.15, -0.1) is 0 Å². The van der Waals surface area contributed by atoms with Crippen molar-refractivity contribution < 1.29 is 9.59 Å². The molecule has 150 valence electrons. The van der Waals surface area contributed by atoms with Gasteiger partial charge in [-0.1, -0.05) is 67.1 Å². The molecular weight excluding hydrogens is 372 g/mol. The first-order valence-corrected chi connectivity index (χ1v) is 10.2. The van der Waals surface area contributed by atoms with Gasteiger partial charge in [-0.05, 0) is 43.9 Å². The summed E-state index contributed by atoms with van der Waals surface area (Å²) in [4.78, 5) is 27.3. The van der Waals surface area contributed by atoms with Crippen LogP contribution in [0.1, 0.15) is 44.7 Å². The molecule has 0 spiro atoms. The monoisotopic (exact) mass is 400 g/mol. The molecule has 2 atom stereocenters. The predicted octanol–water partition coefficient (Wildman–Crippen LogP) is 4.60. The fraction of sp³-hybridized carbons (Fsp3) is 0.391. The van der Waals surface area contributed by atoms with Crippen LogP contribution in [0.2, 0.25) is 5.02 Å². The highest BCUT2D eigenvalue weighted by molar-refractivity contribution is 6.31. The zero-order chi connectivity index (χ0) is 20.5. The highest BCUT2D eigenvalue weighted by Crippen LogP contribution is 2.19. The summed E-state index contributed by atoms with van der Waals surface area (Å²) in [6.07, 6.45) is 1.82. The number of hydrogen-bond acceptors (Lipinski definition) is 2. The van der Waals surface area contributed by atoms with E-state index in [0.29, 0.717) is 24.4 Å². The van der Waals surface area contributed by atoms with Crippen molar-refractivity contribution in [1.82, 2.24) is 10.2 Å². The van der Waals surface area contributed by atoms with Crippen molar-refractivity contribution in [2.24, 2.45) is 0 Å². The third-order valence-electron chi connectivity index (χ3n) is 4.94. The number of benzene rings is 2. The van der Waals surface area contributed by atoms with Crippen LogP contribution >= 0.6 is 11.6 Å². The van der Waals surface area contributed by atoms with Crippen LogP contribution in [0.25, 0.3) is 0 Å². The van der Waals surface area contributed by atoms with Gasteiger partial charge in [0.05, 0.1) is 0 Å². The van der Waals surface area contributed by atoms with Gasteiger partial charge in [0.15, 0.2) is 0 Å². The van der Waals surface area contributed by atoms with Gasteiger partial charge in [-0.3, -0.25) is 9.59 Å². The number of carbonyl (C=O) groups excluding carboxylic acids is 2. The number of amides is 2. The molecule has 5 heteroatoms. The summed E-state index contributed by atoms with van der Waals surface area (Å²) in [6.45, 7) is 6.06.